The van der Waals surface area contributed by atoms with Gasteiger partial charge < -0.3 is 21.3 Å². The summed E-state index contributed by atoms with van der Waals surface area (Å²) in [5.74, 6) is -2.19. The number of aliphatic hydroxyl groups is 1. The number of carbonyl (C=O) groups is 2. The third-order valence-electron chi connectivity index (χ3n) is 2.08. The SMILES string of the molecule is CC(O)(CBr)C(N)=O.NC(=O)C1(C(F)(F)F)CO1. The maximum Gasteiger partial charge on any atom is 0.428 e. The van der Waals surface area contributed by atoms with E-state index in [1.807, 2.05) is 0 Å². The molecule has 5 N–H and O–H groups in total. The van der Waals surface area contributed by atoms with Crippen molar-refractivity contribution in [1.29, 1.82) is 0 Å². The Morgan fingerprint density at radius 3 is 1.83 bits per heavy atom. The zero-order chi connectivity index (χ0) is 14.8. The van der Waals surface area contributed by atoms with Gasteiger partial charge in [0.05, 0.1) is 6.61 Å². The van der Waals surface area contributed by atoms with E-state index in [1.165, 1.54) is 6.92 Å². The number of rotatable bonds is 3. The molecule has 106 valence electrons. The van der Waals surface area contributed by atoms with Gasteiger partial charge in [-0.2, -0.15) is 13.2 Å². The van der Waals surface area contributed by atoms with Crippen molar-refractivity contribution < 1.29 is 32.6 Å². The van der Waals surface area contributed by atoms with Crippen molar-refractivity contribution in [2.45, 2.75) is 24.3 Å². The van der Waals surface area contributed by atoms with E-state index >= 15 is 0 Å². The third-order valence-corrected chi connectivity index (χ3v) is 3.17. The zero-order valence-corrected chi connectivity index (χ0v) is 10.8. The molecule has 1 fully saturated rings. The van der Waals surface area contributed by atoms with Crippen molar-refractivity contribution >= 4 is 27.7 Å². The highest BCUT2D eigenvalue weighted by molar-refractivity contribution is 9.09. The van der Waals surface area contributed by atoms with Crippen molar-refractivity contribution in [3.05, 3.63) is 0 Å². The van der Waals surface area contributed by atoms with Crippen molar-refractivity contribution in [3.63, 3.8) is 0 Å². The van der Waals surface area contributed by atoms with Gasteiger partial charge in [-0.05, 0) is 6.92 Å². The summed E-state index contributed by atoms with van der Waals surface area (Å²) in [6.45, 7) is 0.704. The lowest BCUT2D eigenvalue weighted by molar-refractivity contribution is -0.187. The molecule has 0 spiro atoms. The van der Waals surface area contributed by atoms with Crippen LogP contribution in [0, 0.1) is 0 Å². The van der Waals surface area contributed by atoms with E-state index in [-0.39, 0.29) is 5.33 Å². The van der Waals surface area contributed by atoms with Crippen LogP contribution in [0.5, 0.6) is 0 Å². The van der Waals surface area contributed by atoms with Crippen LogP contribution < -0.4 is 11.5 Å². The normalized spacial score (nSPS) is 25.4. The van der Waals surface area contributed by atoms with Gasteiger partial charge in [-0.3, -0.25) is 9.59 Å². The Morgan fingerprint density at radius 1 is 1.44 bits per heavy atom. The number of epoxide rings is 1. The fraction of sp³-hybridized carbons (Fsp3) is 0.750. The maximum atomic E-state index is 11.7. The van der Waals surface area contributed by atoms with E-state index in [0.29, 0.717) is 0 Å². The van der Waals surface area contributed by atoms with Gasteiger partial charge >= 0.3 is 6.18 Å². The minimum atomic E-state index is -4.67. The van der Waals surface area contributed by atoms with E-state index in [2.05, 4.69) is 26.4 Å². The van der Waals surface area contributed by atoms with Crippen LogP contribution in [0.1, 0.15) is 6.92 Å². The van der Waals surface area contributed by atoms with Gasteiger partial charge in [-0.25, -0.2) is 0 Å². The van der Waals surface area contributed by atoms with Gasteiger partial charge in [-0.15, -0.1) is 0 Å². The van der Waals surface area contributed by atoms with Crippen LogP contribution in [0.2, 0.25) is 0 Å². The molecule has 18 heavy (non-hydrogen) atoms. The molecule has 2 atom stereocenters. The molecule has 0 bridgehead atoms. The quantitative estimate of drug-likeness (QED) is 0.471. The van der Waals surface area contributed by atoms with Crippen molar-refractivity contribution in [3.8, 4) is 0 Å². The summed E-state index contributed by atoms with van der Waals surface area (Å²) in [5, 5.41) is 9.05. The summed E-state index contributed by atoms with van der Waals surface area (Å²) in [7, 11) is 0. The van der Waals surface area contributed by atoms with E-state index in [9.17, 15) is 22.8 Å². The first-order chi connectivity index (χ1) is 7.90. The lowest BCUT2D eigenvalue weighted by atomic mass is 10.1. The average Bonchev–Trinajstić information content (AvgIpc) is 2.97. The highest BCUT2D eigenvalue weighted by Crippen LogP contribution is 2.43. The highest BCUT2D eigenvalue weighted by atomic mass is 79.9. The van der Waals surface area contributed by atoms with Gasteiger partial charge in [-0.1, -0.05) is 15.9 Å². The number of ether oxygens (including phenoxy) is 1. The summed E-state index contributed by atoms with van der Waals surface area (Å²) < 4.78 is 39.1. The number of hydrogen-bond donors (Lipinski definition) is 3. The molecule has 2 unspecified atom stereocenters. The van der Waals surface area contributed by atoms with Gasteiger partial charge in [0.2, 0.25) is 5.91 Å². The Labute approximate surface area is 109 Å². The average molecular weight is 337 g/mol. The zero-order valence-electron chi connectivity index (χ0n) is 9.25. The number of amides is 2. The van der Waals surface area contributed by atoms with Crippen LogP contribution in [-0.2, 0) is 14.3 Å². The maximum absolute atomic E-state index is 11.7. The Hall–Kier alpha value is -0.870. The fourth-order valence-electron chi connectivity index (χ4n) is 0.584. The summed E-state index contributed by atoms with van der Waals surface area (Å²) in [4.78, 5) is 20.3. The van der Waals surface area contributed by atoms with Crippen LogP contribution >= 0.6 is 15.9 Å². The first-order valence-corrected chi connectivity index (χ1v) is 5.61. The Balaban J connectivity index is 0.000000331. The number of hydrogen-bond acceptors (Lipinski definition) is 4. The molecule has 0 aromatic carbocycles. The largest absolute Gasteiger partial charge is 0.428 e. The summed E-state index contributed by atoms with van der Waals surface area (Å²) >= 11 is 2.92. The van der Waals surface area contributed by atoms with E-state index in [1.54, 1.807) is 0 Å². The molecule has 1 aliphatic rings. The molecule has 2 amide bonds. The van der Waals surface area contributed by atoms with E-state index in [4.69, 9.17) is 10.8 Å². The van der Waals surface area contributed by atoms with Gasteiger partial charge in [0.1, 0.15) is 5.60 Å². The molecule has 1 aliphatic heterocycles. The second-order valence-corrected chi connectivity index (χ2v) is 4.31. The molecule has 0 radical (unpaired) electrons. The highest BCUT2D eigenvalue weighted by Gasteiger charge is 2.70. The summed E-state index contributed by atoms with van der Waals surface area (Å²) in [6, 6.07) is 0. The number of primary amides is 2. The van der Waals surface area contributed by atoms with Crippen LogP contribution in [0.15, 0.2) is 0 Å². The predicted molar refractivity (Wildman–Crippen MR) is 57.5 cm³/mol. The molecule has 0 aromatic rings. The van der Waals surface area contributed by atoms with E-state index in [0.717, 1.165) is 0 Å². The molecular formula is C8H12BrF3N2O4. The second-order valence-electron chi connectivity index (χ2n) is 3.75. The lowest BCUT2D eigenvalue weighted by Crippen LogP contribution is -2.45. The monoisotopic (exact) mass is 336 g/mol. The number of nitrogens with two attached hydrogens (primary N) is 2. The molecule has 6 nitrogen and oxygen atoms in total. The van der Waals surface area contributed by atoms with Crippen LogP contribution in [-0.4, -0.2) is 46.2 Å². The van der Waals surface area contributed by atoms with Crippen molar-refractivity contribution in [2.24, 2.45) is 11.5 Å². The van der Waals surface area contributed by atoms with Crippen LogP contribution in [0.4, 0.5) is 13.2 Å². The van der Waals surface area contributed by atoms with Gasteiger partial charge in [0.15, 0.2) is 0 Å². The molecule has 10 heteroatoms. The first kappa shape index (κ1) is 17.1. The number of halogens is 4. The van der Waals surface area contributed by atoms with Gasteiger partial charge in [0.25, 0.3) is 11.5 Å². The number of carbonyl (C=O) groups excluding carboxylic acids is 2. The molecule has 1 saturated heterocycles. The summed E-state index contributed by atoms with van der Waals surface area (Å²) in [6.07, 6.45) is -4.67. The molecule has 0 aliphatic carbocycles. The molecule has 1 rings (SSSR count). The van der Waals surface area contributed by atoms with Crippen LogP contribution in [0.25, 0.3) is 0 Å². The summed E-state index contributed by atoms with van der Waals surface area (Å²) in [5.41, 5.74) is 5.12. The van der Waals surface area contributed by atoms with E-state index < -0.39 is 35.8 Å². The Morgan fingerprint density at radius 2 is 1.83 bits per heavy atom. The minimum Gasteiger partial charge on any atom is -0.379 e. The molecule has 0 saturated carbocycles. The smallest absolute Gasteiger partial charge is 0.379 e. The Kier molecular flexibility index (Phi) is 5.15. The van der Waals surface area contributed by atoms with Crippen molar-refractivity contribution in [1.82, 2.24) is 0 Å². The fourth-order valence-corrected chi connectivity index (χ4v) is 0.860. The predicted octanol–water partition coefficient (Wildman–Crippen LogP) is -0.579. The molecular weight excluding hydrogens is 325 g/mol. The van der Waals surface area contributed by atoms with Crippen molar-refractivity contribution in [2.75, 3.05) is 11.9 Å². The standard InChI is InChI=1S/C4H8BrNO2.C4H4F3NO2/c1-4(8,2-5)3(6)7;5-4(6,7)3(1-10-3)2(8)9/h8H,2H2,1H3,(H2,6,7);1H2,(H2,8,9). The van der Waals surface area contributed by atoms with Crippen LogP contribution in [0.3, 0.4) is 0 Å². The molecule has 0 aromatic heterocycles. The third kappa shape index (κ3) is 3.82. The van der Waals surface area contributed by atoms with Gasteiger partial charge in [0, 0.05) is 5.33 Å². The Bertz CT molecular complexity index is 342. The second kappa shape index (κ2) is 5.41. The number of alkyl halides is 4. The topological polar surface area (TPSA) is 119 Å². The molecule has 1 heterocycles. The first-order valence-electron chi connectivity index (χ1n) is 4.49. The lowest BCUT2D eigenvalue weighted by Gasteiger charge is -2.13. The minimum absolute atomic E-state index is 0.176.